The number of para-hydroxylation sites is 2. The second-order valence-corrected chi connectivity index (χ2v) is 8.62. The molecule has 0 bridgehead atoms. The lowest BCUT2D eigenvalue weighted by Gasteiger charge is -2.32. The fourth-order valence-corrected chi connectivity index (χ4v) is 4.53. The van der Waals surface area contributed by atoms with E-state index in [0.717, 1.165) is 44.2 Å². The lowest BCUT2D eigenvalue weighted by atomic mass is 9.94. The van der Waals surface area contributed by atoms with E-state index >= 15 is 0 Å². The fraction of sp³-hybridized carbons (Fsp3) is 0.360. The number of halogens is 3. The van der Waals surface area contributed by atoms with Crippen LogP contribution in [0, 0.1) is 0 Å². The van der Waals surface area contributed by atoms with Gasteiger partial charge in [0.1, 0.15) is 6.54 Å². The molecule has 1 aromatic heterocycles. The van der Waals surface area contributed by atoms with Gasteiger partial charge in [-0.2, -0.15) is 13.2 Å². The summed E-state index contributed by atoms with van der Waals surface area (Å²) in [5, 5.41) is 2.43. The highest BCUT2D eigenvalue weighted by Gasteiger charge is 2.31. The molecule has 2 amide bonds. The summed E-state index contributed by atoms with van der Waals surface area (Å²) in [4.78, 5) is 44.8. The number of alkyl halides is 3. The zero-order valence-electron chi connectivity index (χ0n) is 19.1. The number of hydrogen-bond donors (Lipinski definition) is 1. The number of anilines is 2. The summed E-state index contributed by atoms with van der Waals surface area (Å²) in [7, 11) is 0. The van der Waals surface area contributed by atoms with Crippen LogP contribution in [0.2, 0.25) is 0 Å². The zero-order valence-corrected chi connectivity index (χ0v) is 19.1. The number of rotatable bonds is 5. The van der Waals surface area contributed by atoms with Crippen molar-refractivity contribution in [2.24, 2.45) is 0 Å². The maximum absolute atomic E-state index is 13.5. The Morgan fingerprint density at radius 1 is 1.09 bits per heavy atom. The SMILES string of the molecule is CC(=O)N(c1nc2ccccc2n(CC(=O)Nc2cccc(C(F)(F)F)c2)c1=O)C1CCCCC1. The van der Waals surface area contributed by atoms with Crippen molar-refractivity contribution in [2.45, 2.75) is 57.8 Å². The van der Waals surface area contributed by atoms with E-state index < -0.39 is 29.8 Å². The van der Waals surface area contributed by atoms with E-state index in [2.05, 4.69) is 10.3 Å². The molecule has 0 unspecified atom stereocenters. The van der Waals surface area contributed by atoms with Gasteiger partial charge in [0, 0.05) is 18.7 Å². The van der Waals surface area contributed by atoms with Crippen LogP contribution >= 0.6 is 0 Å². The molecule has 0 spiro atoms. The van der Waals surface area contributed by atoms with Crippen molar-refractivity contribution in [3.8, 4) is 0 Å². The zero-order chi connectivity index (χ0) is 25.2. The Morgan fingerprint density at radius 3 is 2.49 bits per heavy atom. The molecule has 0 aliphatic heterocycles. The number of carbonyl (C=O) groups is 2. The normalized spacial score (nSPS) is 14.6. The summed E-state index contributed by atoms with van der Waals surface area (Å²) in [5.74, 6) is -1.03. The van der Waals surface area contributed by atoms with Crippen molar-refractivity contribution in [2.75, 3.05) is 10.2 Å². The third-order valence-corrected chi connectivity index (χ3v) is 6.12. The first kappa shape index (κ1) is 24.4. The molecule has 4 rings (SSSR count). The van der Waals surface area contributed by atoms with Gasteiger partial charge in [0.15, 0.2) is 0 Å². The fourth-order valence-electron chi connectivity index (χ4n) is 4.53. The minimum atomic E-state index is -4.55. The number of benzene rings is 2. The Hall–Kier alpha value is -3.69. The van der Waals surface area contributed by atoms with Gasteiger partial charge >= 0.3 is 6.18 Å². The maximum Gasteiger partial charge on any atom is 0.416 e. The highest BCUT2D eigenvalue weighted by molar-refractivity contribution is 5.93. The quantitative estimate of drug-likeness (QED) is 0.565. The number of nitrogens with one attached hydrogen (secondary N) is 1. The molecular formula is C25H25F3N4O3. The minimum Gasteiger partial charge on any atom is -0.325 e. The van der Waals surface area contributed by atoms with Gasteiger partial charge in [-0.3, -0.25) is 23.9 Å². The van der Waals surface area contributed by atoms with Gasteiger partial charge in [0.25, 0.3) is 5.56 Å². The standard InChI is InChI=1S/C25H25F3N4O3/c1-16(33)32(19-10-3-2-4-11-19)23-24(35)31(21-13-6-5-12-20(21)30-23)15-22(34)29-18-9-7-8-17(14-18)25(26,27)28/h5-9,12-14,19H,2-4,10-11,15H2,1H3,(H,29,34). The molecule has 0 radical (unpaired) electrons. The van der Waals surface area contributed by atoms with E-state index in [-0.39, 0.29) is 23.5 Å². The molecule has 35 heavy (non-hydrogen) atoms. The van der Waals surface area contributed by atoms with Gasteiger partial charge in [-0.15, -0.1) is 0 Å². The Kier molecular flexibility index (Phi) is 6.90. The minimum absolute atomic E-state index is 0.0379. The second kappa shape index (κ2) is 9.89. The van der Waals surface area contributed by atoms with E-state index in [9.17, 15) is 27.6 Å². The summed E-state index contributed by atoms with van der Waals surface area (Å²) in [6.07, 6.45) is -0.102. The average molecular weight is 486 g/mol. The van der Waals surface area contributed by atoms with E-state index in [4.69, 9.17) is 0 Å². The summed E-state index contributed by atoms with van der Waals surface area (Å²) in [5.41, 5.74) is -0.731. The molecule has 10 heteroatoms. The third kappa shape index (κ3) is 5.36. The molecule has 1 aliphatic carbocycles. The number of hydrogen-bond acceptors (Lipinski definition) is 4. The number of amides is 2. The van der Waals surface area contributed by atoms with Gasteiger partial charge in [-0.25, -0.2) is 4.98 Å². The summed E-state index contributed by atoms with van der Waals surface area (Å²) in [6.45, 7) is 0.928. The lowest BCUT2D eigenvalue weighted by Crippen LogP contribution is -2.45. The Bertz CT molecular complexity index is 1310. The van der Waals surface area contributed by atoms with Crippen LogP contribution < -0.4 is 15.8 Å². The first-order valence-electron chi connectivity index (χ1n) is 11.4. The molecule has 1 N–H and O–H groups in total. The van der Waals surface area contributed by atoms with E-state index in [0.29, 0.717) is 11.0 Å². The summed E-state index contributed by atoms with van der Waals surface area (Å²) < 4.78 is 40.3. The molecule has 0 saturated heterocycles. The summed E-state index contributed by atoms with van der Waals surface area (Å²) >= 11 is 0. The first-order chi connectivity index (χ1) is 16.6. The second-order valence-electron chi connectivity index (χ2n) is 8.62. The maximum atomic E-state index is 13.5. The Labute approximate surface area is 199 Å². The van der Waals surface area contributed by atoms with Crippen molar-refractivity contribution in [1.82, 2.24) is 9.55 Å². The smallest absolute Gasteiger partial charge is 0.325 e. The largest absolute Gasteiger partial charge is 0.416 e. The van der Waals surface area contributed by atoms with Gasteiger partial charge in [-0.05, 0) is 43.2 Å². The van der Waals surface area contributed by atoms with Crippen LogP contribution in [0.5, 0.6) is 0 Å². The number of nitrogens with zero attached hydrogens (tertiary/aromatic N) is 3. The molecule has 7 nitrogen and oxygen atoms in total. The molecule has 1 aliphatic rings. The molecule has 184 valence electrons. The van der Waals surface area contributed by atoms with Gasteiger partial charge in [0.05, 0.1) is 16.6 Å². The van der Waals surface area contributed by atoms with Crippen LogP contribution in [0.3, 0.4) is 0 Å². The summed E-state index contributed by atoms with van der Waals surface area (Å²) in [6, 6.07) is 10.8. The van der Waals surface area contributed by atoms with Crippen LogP contribution in [0.4, 0.5) is 24.7 Å². The molecule has 2 aromatic carbocycles. The van der Waals surface area contributed by atoms with Crippen LogP contribution in [0.25, 0.3) is 11.0 Å². The van der Waals surface area contributed by atoms with Crippen molar-refractivity contribution in [1.29, 1.82) is 0 Å². The highest BCUT2D eigenvalue weighted by Crippen LogP contribution is 2.31. The highest BCUT2D eigenvalue weighted by atomic mass is 19.4. The van der Waals surface area contributed by atoms with Gasteiger partial charge < -0.3 is 5.32 Å². The van der Waals surface area contributed by atoms with Crippen molar-refractivity contribution in [3.63, 3.8) is 0 Å². The Morgan fingerprint density at radius 2 is 1.80 bits per heavy atom. The van der Waals surface area contributed by atoms with Crippen LogP contribution in [-0.4, -0.2) is 27.4 Å². The molecule has 0 atom stereocenters. The monoisotopic (exact) mass is 486 g/mol. The molecule has 1 heterocycles. The van der Waals surface area contributed by atoms with Crippen LogP contribution in [0.1, 0.15) is 44.6 Å². The average Bonchev–Trinajstić information content (AvgIpc) is 2.82. The van der Waals surface area contributed by atoms with Crippen molar-refractivity contribution < 1.29 is 22.8 Å². The number of carbonyl (C=O) groups excluding carboxylic acids is 2. The molecular weight excluding hydrogens is 461 g/mol. The molecule has 3 aromatic rings. The predicted octanol–water partition coefficient (Wildman–Crippen LogP) is 4.74. The van der Waals surface area contributed by atoms with Crippen LogP contribution in [-0.2, 0) is 22.3 Å². The van der Waals surface area contributed by atoms with Crippen LogP contribution in [0.15, 0.2) is 53.3 Å². The first-order valence-corrected chi connectivity index (χ1v) is 11.4. The van der Waals surface area contributed by atoms with Crippen molar-refractivity contribution in [3.05, 3.63) is 64.4 Å². The van der Waals surface area contributed by atoms with E-state index in [1.165, 1.54) is 28.5 Å². The lowest BCUT2D eigenvalue weighted by molar-refractivity contribution is -0.137. The van der Waals surface area contributed by atoms with Crippen molar-refractivity contribution >= 4 is 34.4 Å². The topological polar surface area (TPSA) is 84.3 Å². The number of aromatic nitrogens is 2. The van der Waals surface area contributed by atoms with Gasteiger partial charge in [-0.1, -0.05) is 37.5 Å². The molecule has 1 saturated carbocycles. The number of fused-ring (bicyclic) bond motifs is 1. The molecule has 1 fully saturated rings. The predicted molar refractivity (Wildman–Crippen MR) is 126 cm³/mol. The van der Waals surface area contributed by atoms with E-state index in [1.807, 2.05) is 0 Å². The van der Waals surface area contributed by atoms with Gasteiger partial charge in [0.2, 0.25) is 17.6 Å². The third-order valence-electron chi connectivity index (χ3n) is 6.12. The Balaban J connectivity index is 1.71. The van der Waals surface area contributed by atoms with E-state index in [1.54, 1.807) is 24.3 Å².